The van der Waals surface area contributed by atoms with Crippen LogP contribution in [0.5, 0.6) is 0 Å². The molecule has 1 aliphatic heterocycles. The third kappa shape index (κ3) is 7.96. The van der Waals surface area contributed by atoms with Gasteiger partial charge in [-0.25, -0.2) is 0 Å². The minimum Gasteiger partial charge on any atom is -0.458 e. The van der Waals surface area contributed by atoms with Crippen LogP contribution < -0.4 is 0 Å². The van der Waals surface area contributed by atoms with Gasteiger partial charge in [-0.2, -0.15) is 0 Å². The Balaban J connectivity index is 1.82. The number of hydrogen-bond donors (Lipinski definition) is 0. The van der Waals surface area contributed by atoms with Crippen LogP contribution in [0.1, 0.15) is 80.9 Å². The summed E-state index contributed by atoms with van der Waals surface area (Å²) >= 11 is 1.45. The fourth-order valence-electron chi connectivity index (χ4n) is 4.79. The minimum absolute atomic E-state index is 0.203. The number of carbonyl (C=O) groups excluding carboxylic acids is 2. The normalized spacial score (nSPS) is 23.7. The third-order valence-electron chi connectivity index (χ3n) is 6.82. The van der Waals surface area contributed by atoms with E-state index in [2.05, 4.69) is 68.5 Å². The average molecular weight is 525 g/mol. The molecule has 5 nitrogen and oxygen atoms in total. The Kier molecular flexibility index (Phi) is 10.8. The highest BCUT2D eigenvalue weighted by Crippen LogP contribution is 2.42. The topological polar surface area (TPSA) is 61.8 Å². The fourth-order valence-corrected chi connectivity index (χ4v) is 5.50. The molecular formula is C31H40O5S. The lowest BCUT2D eigenvalue weighted by atomic mass is 9.85. The summed E-state index contributed by atoms with van der Waals surface area (Å²) in [5.41, 5.74) is 5.49. The summed E-state index contributed by atoms with van der Waals surface area (Å²) in [6.07, 6.45) is 9.14. The van der Waals surface area contributed by atoms with Crippen molar-refractivity contribution in [1.29, 1.82) is 0 Å². The number of hydrogen-bond acceptors (Lipinski definition) is 6. The Bertz CT molecular complexity index is 1080. The quantitative estimate of drug-likeness (QED) is 0.245. The molecule has 0 saturated carbocycles. The Labute approximate surface area is 226 Å². The van der Waals surface area contributed by atoms with Gasteiger partial charge in [0.05, 0.1) is 6.10 Å². The smallest absolute Gasteiger partial charge is 0.303 e. The van der Waals surface area contributed by atoms with E-state index in [1.807, 2.05) is 13.2 Å². The van der Waals surface area contributed by atoms with Crippen molar-refractivity contribution in [3.8, 4) is 0 Å². The van der Waals surface area contributed by atoms with Gasteiger partial charge in [-0.1, -0.05) is 81.3 Å². The SMILES string of the molecule is CCCC/C=C/c1ccc(Cc2cc([C@@H]3O[C@H](SC)[C@@H](OC(C)=O)[C@H](OC(C)=O)[C@H]3C)ccc2C)cc1. The first-order valence-corrected chi connectivity index (χ1v) is 14.4. The highest BCUT2D eigenvalue weighted by Gasteiger charge is 2.48. The van der Waals surface area contributed by atoms with Crippen molar-refractivity contribution in [3.05, 3.63) is 76.4 Å². The van der Waals surface area contributed by atoms with E-state index in [4.69, 9.17) is 14.2 Å². The van der Waals surface area contributed by atoms with Gasteiger partial charge in [0, 0.05) is 19.8 Å². The Morgan fingerprint density at radius 3 is 2.32 bits per heavy atom. The Morgan fingerprint density at radius 2 is 1.70 bits per heavy atom. The number of allylic oxidation sites excluding steroid dienone is 1. The molecule has 3 rings (SSSR count). The first kappa shape index (κ1) is 29.0. The summed E-state index contributed by atoms with van der Waals surface area (Å²) in [4.78, 5) is 23.7. The molecule has 1 fully saturated rings. The maximum atomic E-state index is 11.9. The number of ether oxygens (including phenoxy) is 3. The van der Waals surface area contributed by atoms with E-state index in [0.29, 0.717) is 0 Å². The molecule has 0 N–H and O–H groups in total. The van der Waals surface area contributed by atoms with Crippen molar-refractivity contribution in [3.63, 3.8) is 0 Å². The maximum Gasteiger partial charge on any atom is 0.303 e. The number of rotatable bonds is 10. The lowest BCUT2D eigenvalue weighted by Crippen LogP contribution is -2.52. The Hall–Kier alpha value is -2.57. The summed E-state index contributed by atoms with van der Waals surface area (Å²) in [6, 6.07) is 15.1. The molecule has 1 heterocycles. The standard InChI is InChI=1S/C31H40O5S/c1-7-8-9-10-11-24-13-15-25(16-14-24)18-27-19-26(17-12-20(27)2)28-21(3)29(34-22(4)32)30(35-23(5)33)31(36-28)37-6/h10-17,19,21,28-31H,7-9,18H2,1-6H3/b11-10+/t21-,28+,29+,30-,31+/m0/s1. The highest BCUT2D eigenvalue weighted by molar-refractivity contribution is 7.99. The van der Waals surface area contributed by atoms with E-state index in [-0.39, 0.29) is 12.0 Å². The molecular weight excluding hydrogens is 484 g/mol. The van der Waals surface area contributed by atoms with Gasteiger partial charge in [-0.3, -0.25) is 9.59 Å². The molecule has 0 bridgehead atoms. The van der Waals surface area contributed by atoms with E-state index in [1.165, 1.54) is 60.7 Å². The van der Waals surface area contributed by atoms with Crippen molar-refractivity contribution >= 4 is 29.8 Å². The lowest BCUT2D eigenvalue weighted by Gasteiger charge is -2.44. The second kappa shape index (κ2) is 13.8. The van der Waals surface area contributed by atoms with Crippen molar-refractivity contribution in [2.75, 3.05) is 6.26 Å². The van der Waals surface area contributed by atoms with E-state index in [0.717, 1.165) is 18.4 Å². The monoisotopic (exact) mass is 524 g/mol. The van der Waals surface area contributed by atoms with Gasteiger partial charge in [-0.15, -0.1) is 11.8 Å². The van der Waals surface area contributed by atoms with Gasteiger partial charge in [0.2, 0.25) is 0 Å². The predicted molar refractivity (Wildman–Crippen MR) is 150 cm³/mol. The van der Waals surface area contributed by atoms with E-state index in [9.17, 15) is 9.59 Å². The van der Waals surface area contributed by atoms with Crippen molar-refractivity contribution in [2.24, 2.45) is 5.92 Å². The van der Waals surface area contributed by atoms with Gasteiger partial charge >= 0.3 is 11.9 Å². The first-order valence-electron chi connectivity index (χ1n) is 13.1. The molecule has 1 saturated heterocycles. The molecule has 6 heteroatoms. The number of esters is 2. The maximum absolute atomic E-state index is 11.9. The van der Waals surface area contributed by atoms with Gasteiger partial charge in [0.1, 0.15) is 11.5 Å². The average Bonchev–Trinajstić information content (AvgIpc) is 2.86. The summed E-state index contributed by atoms with van der Waals surface area (Å²) < 4.78 is 17.7. The zero-order valence-electron chi connectivity index (χ0n) is 22.9. The second-order valence-corrected chi connectivity index (χ2v) is 10.8. The zero-order valence-corrected chi connectivity index (χ0v) is 23.7. The molecule has 0 aliphatic carbocycles. The number of aryl methyl sites for hydroxylation is 1. The van der Waals surface area contributed by atoms with Crippen LogP contribution in [0.15, 0.2) is 48.5 Å². The molecule has 1 aliphatic rings. The van der Waals surface area contributed by atoms with Crippen LogP contribution in [-0.2, 0) is 30.2 Å². The van der Waals surface area contributed by atoms with Crippen LogP contribution in [0, 0.1) is 12.8 Å². The van der Waals surface area contributed by atoms with Gasteiger partial charge < -0.3 is 14.2 Å². The minimum atomic E-state index is -0.665. The molecule has 2 aromatic rings. The number of thioether (sulfide) groups is 1. The Morgan fingerprint density at radius 1 is 1.03 bits per heavy atom. The molecule has 0 radical (unpaired) electrons. The molecule has 0 unspecified atom stereocenters. The van der Waals surface area contributed by atoms with Crippen LogP contribution in [0.3, 0.4) is 0 Å². The van der Waals surface area contributed by atoms with E-state index < -0.39 is 29.6 Å². The number of carbonyl (C=O) groups is 2. The fraction of sp³-hybridized carbons (Fsp3) is 0.484. The molecule has 37 heavy (non-hydrogen) atoms. The van der Waals surface area contributed by atoms with Gasteiger partial charge in [0.25, 0.3) is 0 Å². The first-order chi connectivity index (χ1) is 17.7. The highest BCUT2D eigenvalue weighted by atomic mass is 32.2. The van der Waals surface area contributed by atoms with Crippen LogP contribution >= 0.6 is 11.8 Å². The summed E-state index contributed by atoms with van der Waals surface area (Å²) in [6.45, 7) is 9.06. The third-order valence-corrected chi connectivity index (χ3v) is 7.66. The van der Waals surface area contributed by atoms with Crippen molar-refractivity contribution < 1.29 is 23.8 Å². The summed E-state index contributed by atoms with van der Waals surface area (Å²) in [5.74, 6) is -1.02. The molecule has 200 valence electrons. The van der Waals surface area contributed by atoms with Gasteiger partial charge in [0.15, 0.2) is 6.10 Å². The van der Waals surface area contributed by atoms with Crippen LogP contribution in [0.4, 0.5) is 0 Å². The van der Waals surface area contributed by atoms with E-state index >= 15 is 0 Å². The second-order valence-electron chi connectivity index (χ2n) is 9.82. The zero-order chi connectivity index (χ0) is 26.9. The molecule has 2 aromatic carbocycles. The lowest BCUT2D eigenvalue weighted by molar-refractivity contribution is -0.208. The molecule has 0 amide bonds. The molecule has 0 aromatic heterocycles. The van der Waals surface area contributed by atoms with Crippen LogP contribution in [0.2, 0.25) is 0 Å². The summed E-state index contributed by atoms with van der Waals surface area (Å²) in [5, 5.41) is 0. The number of benzene rings is 2. The largest absolute Gasteiger partial charge is 0.458 e. The number of unbranched alkanes of at least 4 members (excludes halogenated alkanes) is 2. The predicted octanol–water partition coefficient (Wildman–Crippen LogP) is 7.05. The van der Waals surface area contributed by atoms with Crippen molar-refractivity contribution in [1.82, 2.24) is 0 Å². The van der Waals surface area contributed by atoms with Crippen molar-refractivity contribution in [2.45, 2.75) is 84.0 Å². The van der Waals surface area contributed by atoms with Gasteiger partial charge in [-0.05, 0) is 53.8 Å². The molecule has 5 atom stereocenters. The van der Waals surface area contributed by atoms with Crippen LogP contribution in [-0.4, -0.2) is 35.8 Å². The van der Waals surface area contributed by atoms with E-state index in [1.54, 1.807) is 0 Å². The molecule has 0 spiro atoms. The summed E-state index contributed by atoms with van der Waals surface area (Å²) in [7, 11) is 0. The van der Waals surface area contributed by atoms with Crippen LogP contribution in [0.25, 0.3) is 6.08 Å².